The molecule has 1 heterocycles. The van der Waals surface area contributed by atoms with Crippen molar-refractivity contribution in [2.75, 3.05) is 5.75 Å². The Hall–Kier alpha value is -2.43. The van der Waals surface area contributed by atoms with E-state index in [0.29, 0.717) is 5.02 Å². The first-order chi connectivity index (χ1) is 13.7. The quantitative estimate of drug-likeness (QED) is 0.313. The minimum absolute atomic E-state index is 0.660. The van der Waals surface area contributed by atoms with Crippen molar-refractivity contribution in [1.82, 2.24) is 9.55 Å². The molecule has 0 aliphatic heterocycles. The van der Waals surface area contributed by atoms with E-state index in [1.165, 1.54) is 4.90 Å². The van der Waals surface area contributed by atoms with Crippen molar-refractivity contribution in [1.29, 1.82) is 0 Å². The molecular weight excluding hydrogens is 388 g/mol. The molecule has 0 saturated heterocycles. The van der Waals surface area contributed by atoms with E-state index in [9.17, 15) is 0 Å². The summed E-state index contributed by atoms with van der Waals surface area (Å²) in [6.07, 6.45) is 1.15. The lowest BCUT2D eigenvalue weighted by molar-refractivity contribution is 0.481. The van der Waals surface area contributed by atoms with Gasteiger partial charge < -0.3 is 4.74 Å². The largest absolute Gasteiger partial charge is 0.457 e. The van der Waals surface area contributed by atoms with Gasteiger partial charge in [0.2, 0.25) is 0 Å². The zero-order valence-electron chi connectivity index (χ0n) is 15.9. The number of imidazole rings is 1. The molecule has 3 aromatic carbocycles. The number of para-hydroxylation sites is 1. The van der Waals surface area contributed by atoms with Crippen molar-refractivity contribution in [3.05, 3.63) is 77.6 Å². The van der Waals surface area contributed by atoms with Gasteiger partial charge in [-0.15, -0.1) is 11.8 Å². The van der Waals surface area contributed by atoms with Gasteiger partial charge in [-0.1, -0.05) is 36.7 Å². The van der Waals surface area contributed by atoms with Crippen LogP contribution in [0.25, 0.3) is 16.7 Å². The van der Waals surface area contributed by atoms with Gasteiger partial charge in [-0.25, -0.2) is 4.98 Å². The smallest absolute Gasteiger partial charge is 0.129 e. The number of hydrogen-bond acceptors (Lipinski definition) is 3. The van der Waals surface area contributed by atoms with Gasteiger partial charge in [-0.2, -0.15) is 0 Å². The Morgan fingerprint density at radius 2 is 1.75 bits per heavy atom. The van der Waals surface area contributed by atoms with E-state index in [1.807, 2.05) is 67.2 Å². The molecule has 5 heteroatoms. The van der Waals surface area contributed by atoms with E-state index in [1.54, 1.807) is 0 Å². The monoisotopic (exact) mass is 408 g/mol. The van der Waals surface area contributed by atoms with Crippen molar-refractivity contribution in [2.45, 2.75) is 25.2 Å². The number of rotatable bonds is 6. The summed E-state index contributed by atoms with van der Waals surface area (Å²) in [7, 11) is 0. The minimum atomic E-state index is 0.660. The predicted octanol–water partition coefficient (Wildman–Crippen LogP) is 7.28. The van der Waals surface area contributed by atoms with Gasteiger partial charge >= 0.3 is 0 Å². The SMILES string of the molecule is CCCSc1cccc(Oc2cccc(-n3c(C)nc4c(Cl)cccc43)c2)c1. The lowest BCUT2D eigenvalue weighted by atomic mass is 10.2. The summed E-state index contributed by atoms with van der Waals surface area (Å²) in [5.41, 5.74) is 2.80. The van der Waals surface area contributed by atoms with Gasteiger partial charge in [0.25, 0.3) is 0 Å². The van der Waals surface area contributed by atoms with E-state index in [2.05, 4.69) is 34.7 Å². The van der Waals surface area contributed by atoms with E-state index >= 15 is 0 Å². The molecule has 0 spiro atoms. The van der Waals surface area contributed by atoms with Crippen LogP contribution in [0.4, 0.5) is 0 Å². The average Bonchev–Trinajstić information content (AvgIpc) is 3.04. The second kappa shape index (κ2) is 8.29. The minimum Gasteiger partial charge on any atom is -0.457 e. The summed E-state index contributed by atoms with van der Waals surface area (Å²) in [6.45, 7) is 4.17. The molecule has 0 aliphatic rings. The molecule has 4 rings (SSSR count). The standard InChI is InChI=1S/C23H21ClN2OS/c1-3-13-28-20-10-5-9-19(15-20)27-18-8-4-7-17(14-18)26-16(2)25-23-21(24)11-6-12-22(23)26/h4-12,14-15H,3,13H2,1-2H3. The second-order valence-electron chi connectivity index (χ2n) is 6.52. The summed E-state index contributed by atoms with van der Waals surface area (Å²) in [6, 6.07) is 22.1. The number of ether oxygens (including phenoxy) is 1. The van der Waals surface area contributed by atoms with E-state index < -0.39 is 0 Å². The molecule has 0 bridgehead atoms. The molecule has 0 atom stereocenters. The molecule has 1 aromatic heterocycles. The zero-order valence-corrected chi connectivity index (χ0v) is 17.4. The van der Waals surface area contributed by atoms with Gasteiger partial charge in [0.1, 0.15) is 22.8 Å². The van der Waals surface area contributed by atoms with Crippen molar-refractivity contribution in [2.24, 2.45) is 0 Å². The van der Waals surface area contributed by atoms with Crippen LogP contribution in [-0.4, -0.2) is 15.3 Å². The third-order valence-corrected chi connectivity index (χ3v) is 5.90. The molecule has 0 radical (unpaired) electrons. The van der Waals surface area contributed by atoms with E-state index in [4.69, 9.17) is 16.3 Å². The van der Waals surface area contributed by atoms with Crippen LogP contribution in [-0.2, 0) is 0 Å². The first-order valence-corrected chi connectivity index (χ1v) is 10.7. The Labute approximate surface area is 174 Å². The van der Waals surface area contributed by atoms with Gasteiger partial charge in [-0.05, 0) is 61.6 Å². The molecule has 0 saturated carbocycles. The molecule has 0 amide bonds. The fourth-order valence-corrected chi connectivity index (χ4v) is 4.20. The Bertz CT molecular complexity index is 1120. The molecule has 0 N–H and O–H groups in total. The van der Waals surface area contributed by atoms with Gasteiger partial charge in [0, 0.05) is 11.0 Å². The van der Waals surface area contributed by atoms with Crippen LogP contribution in [0.15, 0.2) is 71.6 Å². The lowest BCUT2D eigenvalue weighted by Crippen LogP contribution is -1.97. The third kappa shape index (κ3) is 3.89. The molecule has 3 nitrogen and oxygen atoms in total. The lowest BCUT2D eigenvalue weighted by Gasteiger charge is -2.11. The predicted molar refractivity (Wildman–Crippen MR) is 118 cm³/mol. The highest BCUT2D eigenvalue weighted by Crippen LogP contribution is 2.31. The van der Waals surface area contributed by atoms with Crippen LogP contribution in [0, 0.1) is 6.92 Å². The topological polar surface area (TPSA) is 27.1 Å². The first-order valence-electron chi connectivity index (χ1n) is 9.30. The summed E-state index contributed by atoms with van der Waals surface area (Å²) in [5.74, 6) is 3.62. The van der Waals surface area contributed by atoms with Crippen molar-refractivity contribution >= 4 is 34.4 Å². The number of thioether (sulfide) groups is 1. The first kappa shape index (κ1) is 18.9. The molecule has 142 valence electrons. The average molecular weight is 409 g/mol. The summed E-state index contributed by atoms with van der Waals surface area (Å²) in [4.78, 5) is 5.85. The maximum Gasteiger partial charge on any atom is 0.129 e. The van der Waals surface area contributed by atoms with Crippen LogP contribution in [0.3, 0.4) is 0 Å². The Morgan fingerprint density at radius 3 is 2.57 bits per heavy atom. The molecule has 0 aliphatic carbocycles. The zero-order chi connectivity index (χ0) is 19.5. The highest BCUT2D eigenvalue weighted by Gasteiger charge is 2.12. The number of aromatic nitrogens is 2. The van der Waals surface area contributed by atoms with Crippen molar-refractivity contribution in [3.8, 4) is 17.2 Å². The van der Waals surface area contributed by atoms with Crippen LogP contribution < -0.4 is 4.74 Å². The Balaban J connectivity index is 1.66. The third-order valence-electron chi connectivity index (χ3n) is 4.39. The number of nitrogens with zero attached hydrogens (tertiary/aromatic N) is 2. The number of fused-ring (bicyclic) bond motifs is 1. The molecule has 28 heavy (non-hydrogen) atoms. The van der Waals surface area contributed by atoms with Crippen LogP contribution in [0.5, 0.6) is 11.5 Å². The summed E-state index contributed by atoms with van der Waals surface area (Å²) in [5, 5.41) is 0.660. The van der Waals surface area contributed by atoms with Crippen LogP contribution in [0.1, 0.15) is 19.2 Å². The normalized spacial score (nSPS) is 11.1. The molecule has 0 unspecified atom stereocenters. The van der Waals surface area contributed by atoms with Crippen molar-refractivity contribution < 1.29 is 4.74 Å². The highest BCUT2D eigenvalue weighted by atomic mass is 35.5. The maximum atomic E-state index is 6.32. The van der Waals surface area contributed by atoms with Gasteiger partial charge in [-0.3, -0.25) is 4.57 Å². The maximum absolute atomic E-state index is 6.32. The Kier molecular flexibility index (Phi) is 5.60. The van der Waals surface area contributed by atoms with Gasteiger partial charge in [0.05, 0.1) is 16.2 Å². The highest BCUT2D eigenvalue weighted by molar-refractivity contribution is 7.99. The van der Waals surface area contributed by atoms with E-state index in [0.717, 1.165) is 46.2 Å². The van der Waals surface area contributed by atoms with Crippen LogP contribution >= 0.6 is 23.4 Å². The molecular formula is C23H21ClN2OS. The Morgan fingerprint density at radius 1 is 1.00 bits per heavy atom. The summed E-state index contributed by atoms with van der Waals surface area (Å²) < 4.78 is 8.24. The fraction of sp³-hybridized carbons (Fsp3) is 0.174. The van der Waals surface area contributed by atoms with Crippen LogP contribution in [0.2, 0.25) is 5.02 Å². The number of halogens is 1. The summed E-state index contributed by atoms with van der Waals surface area (Å²) >= 11 is 8.16. The molecule has 0 fully saturated rings. The second-order valence-corrected chi connectivity index (χ2v) is 8.10. The molecule has 4 aromatic rings. The van der Waals surface area contributed by atoms with Crippen molar-refractivity contribution in [3.63, 3.8) is 0 Å². The van der Waals surface area contributed by atoms with Gasteiger partial charge in [0.15, 0.2) is 0 Å². The fourth-order valence-electron chi connectivity index (χ4n) is 3.18. The number of hydrogen-bond donors (Lipinski definition) is 0. The number of aryl methyl sites for hydroxylation is 1. The van der Waals surface area contributed by atoms with E-state index in [-0.39, 0.29) is 0 Å². The number of benzene rings is 3.